The molecule has 0 aliphatic heterocycles. The standard InChI is InChI=1S/C25H24N6O2/c1-16(2)18-10-8-17(9-11-18)14-27-31-23-21(25(32)30(15-26-23)12-13-33-3)22-24(31)29-20-7-5-4-6-19(20)28-22/h4-11,14-16H,12-13H2,1-3H3/b27-14+. The average Bonchev–Trinajstić information content (AvgIpc) is 3.14. The van der Waals surface area contributed by atoms with Crippen LogP contribution in [0.4, 0.5) is 0 Å². The molecule has 166 valence electrons. The lowest BCUT2D eigenvalue weighted by atomic mass is 10.0. The minimum absolute atomic E-state index is 0.193. The zero-order valence-corrected chi connectivity index (χ0v) is 18.8. The number of rotatable bonds is 6. The van der Waals surface area contributed by atoms with E-state index in [-0.39, 0.29) is 5.56 Å². The fourth-order valence-electron chi connectivity index (χ4n) is 3.80. The minimum Gasteiger partial charge on any atom is -0.383 e. The molecule has 8 nitrogen and oxygen atoms in total. The van der Waals surface area contributed by atoms with Crippen LogP contribution in [0.15, 0.2) is 64.8 Å². The highest BCUT2D eigenvalue weighted by atomic mass is 16.5. The predicted molar refractivity (Wildman–Crippen MR) is 130 cm³/mol. The maximum atomic E-state index is 13.3. The van der Waals surface area contributed by atoms with Crippen molar-refractivity contribution < 1.29 is 4.74 Å². The molecule has 5 aromatic rings. The summed E-state index contributed by atoms with van der Waals surface area (Å²) in [6.45, 7) is 5.13. The van der Waals surface area contributed by atoms with Gasteiger partial charge < -0.3 is 4.74 Å². The number of hydrogen-bond acceptors (Lipinski definition) is 6. The average molecular weight is 441 g/mol. The Morgan fingerprint density at radius 2 is 1.76 bits per heavy atom. The van der Waals surface area contributed by atoms with Gasteiger partial charge in [-0.15, -0.1) is 0 Å². The quantitative estimate of drug-likeness (QED) is 0.373. The molecule has 3 heterocycles. The summed E-state index contributed by atoms with van der Waals surface area (Å²) < 4.78 is 8.26. The Bertz CT molecular complexity index is 1550. The van der Waals surface area contributed by atoms with Crippen LogP contribution in [0.1, 0.15) is 30.9 Å². The zero-order valence-electron chi connectivity index (χ0n) is 18.8. The van der Waals surface area contributed by atoms with Crippen molar-refractivity contribution >= 4 is 39.4 Å². The number of methoxy groups -OCH3 is 1. The molecule has 0 radical (unpaired) electrons. The van der Waals surface area contributed by atoms with Gasteiger partial charge in [-0.3, -0.25) is 9.36 Å². The second-order valence-corrected chi connectivity index (χ2v) is 8.20. The predicted octanol–water partition coefficient (Wildman–Crippen LogP) is 3.95. The third-order valence-corrected chi connectivity index (χ3v) is 5.67. The first-order valence-corrected chi connectivity index (χ1v) is 10.9. The van der Waals surface area contributed by atoms with Crippen LogP contribution >= 0.6 is 0 Å². The Kier molecular flexibility index (Phi) is 5.43. The third kappa shape index (κ3) is 3.78. The fraction of sp³-hybridized carbons (Fsp3) is 0.240. The molecule has 0 fully saturated rings. The lowest BCUT2D eigenvalue weighted by molar-refractivity contribution is 0.186. The summed E-state index contributed by atoms with van der Waals surface area (Å²) in [6, 6.07) is 15.8. The first-order valence-electron chi connectivity index (χ1n) is 10.9. The van der Waals surface area contributed by atoms with Crippen molar-refractivity contribution in [1.82, 2.24) is 24.2 Å². The number of benzene rings is 2. The summed E-state index contributed by atoms with van der Waals surface area (Å²) in [4.78, 5) is 27.4. The maximum Gasteiger partial charge on any atom is 0.265 e. The van der Waals surface area contributed by atoms with Crippen LogP contribution in [-0.2, 0) is 11.3 Å². The van der Waals surface area contributed by atoms with Gasteiger partial charge in [0.1, 0.15) is 17.2 Å². The molecule has 0 amide bonds. The summed E-state index contributed by atoms with van der Waals surface area (Å²) in [7, 11) is 1.60. The molecule has 0 aliphatic rings. The van der Waals surface area contributed by atoms with E-state index in [0.717, 1.165) is 11.1 Å². The summed E-state index contributed by atoms with van der Waals surface area (Å²) in [5.74, 6) is 0.460. The molecular formula is C25H24N6O2. The van der Waals surface area contributed by atoms with Crippen molar-refractivity contribution in [3.05, 3.63) is 76.3 Å². The molecule has 0 bridgehead atoms. The van der Waals surface area contributed by atoms with E-state index in [2.05, 4.69) is 36.1 Å². The molecule has 5 rings (SSSR count). The first-order chi connectivity index (χ1) is 16.1. The van der Waals surface area contributed by atoms with Crippen molar-refractivity contribution in [2.24, 2.45) is 5.10 Å². The monoisotopic (exact) mass is 440 g/mol. The van der Waals surface area contributed by atoms with Gasteiger partial charge >= 0.3 is 0 Å². The molecule has 0 saturated carbocycles. The Hall–Kier alpha value is -3.91. The first kappa shape index (κ1) is 21.0. The second kappa shape index (κ2) is 8.55. The van der Waals surface area contributed by atoms with E-state index in [1.54, 1.807) is 18.0 Å². The van der Waals surface area contributed by atoms with E-state index < -0.39 is 0 Å². The van der Waals surface area contributed by atoms with Gasteiger partial charge in [-0.25, -0.2) is 15.0 Å². The largest absolute Gasteiger partial charge is 0.383 e. The Labute approximate surface area is 190 Å². The van der Waals surface area contributed by atoms with Crippen molar-refractivity contribution in [2.75, 3.05) is 13.7 Å². The minimum atomic E-state index is -0.193. The van der Waals surface area contributed by atoms with Crippen LogP contribution in [0, 0.1) is 0 Å². The van der Waals surface area contributed by atoms with Crippen LogP contribution < -0.4 is 5.56 Å². The molecule has 0 N–H and O–H groups in total. The summed E-state index contributed by atoms with van der Waals surface area (Å²) >= 11 is 0. The van der Waals surface area contributed by atoms with E-state index >= 15 is 0 Å². The molecular weight excluding hydrogens is 416 g/mol. The van der Waals surface area contributed by atoms with E-state index in [1.807, 2.05) is 36.4 Å². The fourth-order valence-corrected chi connectivity index (χ4v) is 3.80. The van der Waals surface area contributed by atoms with Gasteiger partial charge in [0.05, 0.1) is 30.4 Å². The number of hydrogen-bond donors (Lipinski definition) is 0. The molecule has 2 aromatic carbocycles. The summed E-state index contributed by atoms with van der Waals surface area (Å²) in [5, 5.41) is 5.06. The van der Waals surface area contributed by atoms with Gasteiger partial charge in [-0.2, -0.15) is 9.78 Å². The van der Waals surface area contributed by atoms with Crippen LogP contribution in [0.3, 0.4) is 0 Å². The molecule has 0 spiro atoms. The van der Waals surface area contributed by atoms with Crippen LogP contribution in [0.25, 0.3) is 33.2 Å². The Balaban J connectivity index is 1.72. The lowest BCUT2D eigenvalue weighted by Gasteiger charge is -2.05. The van der Waals surface area contributed by atoms with E-state index in [1.165, 1.54) is 16.5 Å². The van der Waals surface area contributed by atoms with Crippen molar-refractivity contribution in [3.63, 3.8) is 0 Å². The molecule has 0 saturated heterocycles. The Morgan fingerprint density at radius 1 is 1.03 bits per heavy atom. The molecule has 33 heavy (non-hydrogen) atoms. The number of nitrogens with zero attached hydrogens (tertiary/aromatic N) is 6. The number of fused-ring (bicyclic) bond motifs is 4. The van der Waals surface area contributed by atoms with E-state index in [0.29, 0.717) is 46.8 Å². The molecule has 0 unspecified atom stereocenters. The summed E-state index contributed by atoms with van der Waals surface area (Å²) in [6.07, 6.45) is 3.27. The zero-order chi connectivity index (χ0) is 22.9. The normalized spacial score (nSPS) is 12.1. The van der Waals surface area contributed by atoms with Gasteiger partial charge in [0.2, 0.25) is 0 Å². The smallest absolute Gasteiger partial charge is 0.265 e. The number of aromatic nitrogens is 5. The van der Waals surface area contributed by atoms with Crippen molar-refractivity contribution in [1.29, 1.82) is 0 Å². The SMILES string of the molecule is COCCn1cnc2c(c1=O)c1nc3ccccc3nc1n2/N=C/c1ccc(C(C)C)cc1. The van der Waals surface area contributed by atoms with Crippen LogP contribution in [-0.4, -0.2) is 44.1 Å². The van der Waals surface area contributed by atoms with E-state index in [4.69, 9.17) is 14.7 Å². The van der Waals surface area contributed by atoms with Gasteiger partial charge in [0.25, 0.3) is 5.56 Å². The lowest BCUT2D eigenvalue weighted by Crippen LogP contribution is -2.22. The van der Waals surface area contributed by atoms with Crippen molar-refractivity contribution in [3.8, 4) is 0 Å². The van der Waals surface area contributed by atoms with Crippen LogP contribution in [0.5, 0.6) is 0 Å². The van der Waals surface area contributed by atoms with E-state index in [9.17, 15) is 4.79 Å². The number of ether oxygens (including phenoxy) is 1. The highest BCUT2D eigenvalue weighted by Crippen LogP contribution is 2.25. The molecule has 0 atom stereocenters. The van der Waals surface area contributed by atoms with Crippen LogP contribution in [0.2, 0.25) is 0 Å². The highest BCUT2D eigenvalue weighted by molar-refractivity contribution is 6.04. The van der Waals surface area contributed by atoms with Gasteiger partial charge in [0, 0.05) is 7.11 Å². The summed E-state index contributed by atoms with van der Waals surface area (Å²) in [5.41, 5.74) is 4.86. The number of para-hydroxylation sites is 2. The highest BCUT2D eigenvalue weighted by Gasteiger charge is 2.19. The second-order valence-electron chi connectivity index (χ2n) is 8.20. The molecule has 3 aromatic heterocycles. The Morgan fingerprint density at radius 3 is 2.45 bits per heavy atom. The van der Waals surface area contributed by atoms with Gasteiger partial charge in [-0.05, 0) is 29.2 Å². The van der Waals surface area contributed by atoms with Gasteiger partial charge in [-0.1, -0.05) is 50.2 Å². The molecule has 8 heteroatoms. The van der Waals surface area contributed by atoms with Gasteiger partial charge in [0.15, 0.2) is 11.3 Å². The topological polar surface area (TPSA) is 87.2 Å². The third-order valence-electron chi connectivity index (χ3n) is 5.67. The maximum absolute atomic E-state index is 13.3. The van der Waals surface area contributed by atoms with Crippen molar-refractivity contribution in [2.45, 2.75) is 26.3 Å². The molecule has 0 aliphatic carbocycles.